The van der Waals surface area contributed by atoms with Gasteiger partial charge in [0.1, 0.15) is 17.5 Å². The highest BCUT2D eigenvalue weighted by Gasteiger charge is 2.34. The van der Waals surface area contributed by atoms with E-state index < -0.39 is 16.1 Å². The number of hydrogen-bond acceptors (Lipinski definition) is 5. The number of rotatable bonds is 7. The third-order valence-corrected chi connectivity index (χ3v) is 6.59. The van der Waals surface area contributed by atoms with Crippen LogP contribution in [0.25, 0.3) is 0 Å². The monoisotopic (exact) mass is 445 g/mol. The van der Waals surface area contributed by atoms with Crippen molar-refractivity contribution in [3.8, 4) is 11.5 Å². The van der Waals surface area contributed by atoms with Gasteiger partial charge >= 0.3 is 0 Å². The van der Waals surface area contributed by atoms with Crippen molar-refractivity contribution in [3.05, 3.63) is 54.6 Å². The van der Waals surface area contributed by atoms with Crippen molar-refractivity contribution in [2.45, 2.75) is 25.8 Å². The van der Waals surface area contributed by atoms with Crippen LogP contribution in [0.4, 0.5) is 5.69 Å². The van der Waals surface area contributed by atoms with E-state index in [9.17, 15) is 18.0 Å². The number of nitrogens with two attached hydrogens (primary N) is 1. The first kappa shape index (κ1) is 22.6. The van der Waals surface area contributed by atoms with Crippen molar-refractivity contribution in [3.63, 3.8) is 0 Å². The van der Waals surface area contributed by atoms with E-state index in [-0.39, 0.29) is 17.7 Å². The molecule has 3 rings (SSSR count). The Morgan fingerprint density at radius 1 is 1.03 bits per heavy atom. The fourth-order valence-corrected chi connectivity index (χ4v) is 4.91. The fourth-order valence-electron chi connectivity index (χ4n) is 3.74. The third kappa shape index (κ3) is 5.55. The molecular weight excluding hydrogens is 418 g/mol. The number of carbonyl (C=O) groups is 2. The minimum atomic E-state index is -3.73. The summed E-state index contributed by atoms with van der Waals surface area (Å²) in [4.78, 5) is 26.0. The van der Waals surface area contributed by atoms with Gasteiger partial charge in [-0.25, -0.2) is 8.42 Å². The summed E-state index contributed by atoms with van der Waals surface area (Å²) >= 11 is 0. The minimum Gasteiger partial charge on any atom is -0.457 e. The summed E-state index contributed by atoms with van der Waals surface area (Å²) in [6.07, 6.45) is 2.04. The smallest absolute Gasteiger partial charge is 0.246 e. The summed E-state index contributed by atoms with van der Waals surface area (Å²) in [6, 6.07) is 14.9. The van der Waals surface area contributed by atoms with E-state index in [0.29, 0.717) is 43.1 Å². The summed E-state index contributed by atoms with van der Waals surface area (Å²) in [5, 5.41) is 0. The molecule has 1 aliphatic heterocycles. The van der Waals surface area contributed by atoms with Crippen LogP contribution in [-0.2, 0) is 19.6 Å². The highest BCUT2D eigenvalue weighted by atomic mass is 32.2. The number of anilines is 1. The molecule has 1 heterocycles. The number of carbonyl (C=O) groups excluding carboxylic acids is 2. The Morgan fingerprint density at radius 3 is 2.10 bits per heavy atom. The van der Waals surface area contributed by atoms with Gasteiger partial charge in [-0.1, -0.05) is 18.2 Å². The van der Waals surface area contributed by atoms with Crippen LogP contribution in [0.15, 0.2) is 54.6 Å². The Morgan fingerprint density at radius 2 is 1.58 bits per heavy atom. The van der Waals surface area contributed by atoms with Gasteiger partial charge in [0.15, 0.2) is 0 Å². The lowest BCUT2D eigenvalue weighted by Crippen LogP contribution is -2.52. The summed E-state index contributed by atoms with van der Waals surface area (Å²) in [5.74, 6) is 0.297. The van der Waals surface area contributed by atoms with E-state index in [2.05, 4.69) is 0 Å². The molecule has 1 atom stereocenters. The molecule has 0 saturated carbocycles. The van der Waals surface area contributed by atoms with Crippen molar-refractivity contribution < 1.29 is 22.7 Å². The maximum atomic E-state index is 13.0. The molecule has 31 heavy (non-hydrogen) atoms. The number of sulfonamides is 1. The van der Waals surface area contributed by atoms with Crippen LogP contribution in [0.3, 0.4) is 0 Å². The highest BCUT2D eigenvalue weighted by Crippen LogP contribution is 2.28. The van der Waals surface area contributed by atoms with Crippen LogP contribution in [-0.4, -0.2) is 50.5 Å². The summed E-state index contributed by atoms with van der Waals surface area (Å²) in [5.41, 5.74) is 5.72. The van der Waals surface area contributed by atoms with E-state index in [1.807, 2.05) is 30.3 Å². The second-order valence-corrected chi connectivity index (χ2v) is 9.51. The first-order valence-electron chi connectivity index (χ1n) is 10.1. The molecule has 8 nitrogen and oxygen atoms in total. The Balaban J connectivity index is 1.75. The average Bonchev–Trinajstić information content (AvgIpc) is 2.74. The lowest BCUT2D eigenvalue weighted by Gasteiger charge is -2.36. The zero-order valence-corrected chi connectivity index (χ0v) is 18.4. The molecule has 2 aromatic carbocycles. The number of primary amides is 1. The zero-order chi connectivity index (χ0) is 22.6. The molecule has 2 N–H and O–H groups in total. The predicted octanol–water partition coefficient (Wildman–Crippen LogP) is 2.36. The molecule has 0 aliphatic carbocycles. The van der Waals surface area contributed by atoms with Gasteiger partial charge in [0.2, 0.25) is 21.8 Å². The van der Waals surface area contributed by atoms with Crippen LogP contribution in [0.5, 0.6) is 11.5 Å². The second kappa shape index (κ2) is 9.38. The first-order valence-corrected chi connectivity index (χ1v) is 11.9. The summed E-state index contributed by atoms with van der Waals surface area (Å²) < 4.78 is 31.9. The van der Waals surface area contributed by atoms with Gasteiger partial charge in [-0.3, -0.25) is 13.9 Å². The van der Waals surface area contributed by atoms with Gasteiger partial charge in [-0.15, -0.1) is 0 Å². The van der Waals surface area contributed by atoms with Crippen molar-refractivity contribution in [1.82, 2.24) is 4.90 Å². The van der Waals surface area contributed by atoms with E-state index in [1.165, 1.54) is 0 Å². The summed E-state index contributed by atoms with van der Waals surface area (Å²) in [7, 11) is -3.73. The van der Waals surface area contributed by atoms with E-state index >= 15 is 0 Å². The van der Waals surface area contributed by atoms with Crippen LogP contribution in [0.2, 0.25) is 0 Å². The van der Waals surface area contributed by atoms with Gasteiger partial charge in [-0.2, -0.15) is 0 Å². The first-order chi connectivity index (χ1) is 14.7. The molecular formula is C22H27N3O5S. The van der Waals surface area contributed by atoms with Gasteiger partial charge < -0.3 is 15.4 Å². The zero-order valence-electron chi connectivity index (χ0n) is 17.6. The maximum Gasteiger partial charge on any atom is 0.246 e. The number of amides is 2. The normalized spacial score (nSPS) is 15.9. The van der Waals surface area contributed by atoms with Crippen LogP contribution < -0.4 is 14.8 Å². The quantitative estimate of drug-likeness (QED) is 0.703. The molecule has 0 radical (unpaired) electrons. The van der Waals surface area contributed by atoms with Gasteiger partial charge in [0.25, 0.3) is 0 Å². The Hall–Kier alpha value is -3.07. The highest BCUT2D eigenvalue weighted by molar-refractivity contribution is 7.92. The fraction of sp³-hybridized carbons (Fsp3) is 0.364. The molecule has 1 saturated heterocycles. The van der Waals surface area contributed by atoms with Crippen molar-refractivity contribution in [2.75, 3.05) is 23.7 Å². The largest absolute Gasteiger partial charge is 0.457 e. The molecule has 0 spiro atoms. The third-order valence-electron chi connectivity index (χ3n) is 5.35. The number of ether oxygens (including phenoxy) is 1. The lowest BCUT2D eigenvalue weighted by molar-refractivity contribution is -0.135. The van der Waals surface area contributed by atoms with Crippen LogP contribution in [0.1, 0.15) is 19.8 Å². The van der Waals surface area contributed by atoms with Gasteiger partial charge in [0.05, 0.1) is 11.9 Å². The minimum absolute atomic E-state index is 0.248. The number of nitrogens with zero attached hydrogens (tertiary/aromatic N) is 2. The van der Waals surface area contributed by atoms with Gasteiger partial charge in [-0.05, 0) is 56.2 Å². The molecule has 1 fully saturated rings. The topological polar surface area (TPSA) is 110 Å². The van der Waals surface area contributed by atoms with E-state index in [0.717, 1.165) is 10.6 Å². The molecule has 2 aromatic rings. The van der Waals surface area contributed by atoms with Crippen LogP contribution >= 0.6 is 0 Å². The number of likely N-dealkylation sites (tertiary alicyclic amines) is 1. The second-order valence-electron chi connectivity index (χ2n) is 7.65. The maximum absolute atomic E-state index is 13.0. The van der Waals surface area contributed by atoms with E-state index in [4.69, 9.17) is 10.5 Å². The standard InChI is InChI=1S/C22H27N3O5S/c1-16(22(27)24-14-12-17(13-15-24)21(23)26)25(31(2,28)29)18-8-10-20(11-9-18)30-19-6-4-3-5-7-19/h3-11,16-17H,12-15H2,1-2H3,(H2,23,26)/t16-/m0/s1. The summed E-state index contributed by atoms with van der Waals surface area (Å²) in [6.45, 7) is 2.31. The molecule has 0 aromatic heterocycles. The van der Waals surface area contributed by atoms with Crippen molar-refractivity contribution >= 4 is 27.5 Å². The number of benzene rings is 2. The molecule has 166 valence electrons. The number of hydrogen-bond donors (Lipinski definition) is 1. The predicted molar refractivity (Wildman–Crippen MR) is 118 cm³/mol. The Labute approximate surface area is 182 Å². The Bertz CT molecular complexity index is 1020. The van der Waals surface area contributed by atoms with Crippen LogP contribution in [0, 0.1) is 5.92 Å². The van der Waals surface area contributed by atoms with E-state index in [1.54, 1.807) is 36.1 Å². The van der Waals surface area contributed by atoms with Crippen molar-refractivity contribution in [2.24, 2.45) is 11.7 Å². The molecule has 9 heteroatoms. The molecule has 0 unspecified atom stereocenters. The number of para-hydroxylation sites is 1. The Kier molecular flexibility index (Phi) is 6.84. The molecule has 2 amide bonds. The molecule has 1 aliphatic rings. The SMILES string of the molecule is C[C@@H](C(=O)N1CCC(C(N)=O)CC1)N(c1ccc(Oc2ccccc2)cc1)S(C)(=O)=O. The van der Waals surface area contributed by atoms with Crippen molar-refractivity contribution in [1.29, 1.82) is 0 Å². The average molecular weight is 446 g/mol. The molecule has 0 bridgehead atoms. The number of piperidine rings is 1. The van der Waals surface area contributed by atoms with Gasteiger partial charge in [0, 0.05) is 19.0 Å². The lowest BCUT2D eigenvalue weighted by atomic mass is 9.96.